The summed E-state index contributed by atoms with van der Waals surface area (Å²) >= 11 is 1.36. The molecule has 37 heavy (non-hydrogen) atoms. The zero-order valence-corrected chi connectivity index (χ0v) is 21.4. The van der Waals surface area contributed by atoms with Crippen molar-refractivity contribution >= 4 is 28.8 Å². The zero-order chi connectivity index (χ0) is 25.9. The molecule has 0 radical (unpaired) electrons. The quantitative estimate of drug-likeness (QED) is 0.334. The van der Waals surface area contributed by atoms with Gasteiger partial charge in [-0.15, -0.1) is 11.3 Å². The van der Waals surface area contributed by atoms with Crippen LogP contribution in [0.4, 0.5) is 10.1 Å². The molecule has 0 saturated carbocycles. The van der Waals surface area contributed by atoms with E-state index in [1.807, 2.05) is 54.6 Å². The monoisotopic (exact) mass is 515 g/mol. The van der Waals surface area contributed by atoms with Gasteiger partial charge in [0, 0.05) is 31.6 Å². The Morgan fingerprint density at radius 2 is 1.92 bits per heavy atom. The van der Waals surface area contributed by atoms with Crippen LogP contribution >= 0.6 is 11.3 Å². The van der Waals surface area contributed by atoms with E-state index in [0.29, 0.717) is 29.4 Å². The van der Waals surface area contributed by atoms with Crippen molar-refractivity contribution in [2.45, 2.75) is 26.0 Å². The summed E-state index contributed by atoms with van der Waals surface area (Å²) in [5, 5.41) is 2.41. The number of para-hydroxylation sites is 1. The molecule has 1 aliphatic heterocycles. The van der Waals surface area contributed by atoms with Gasteiger partial charge in [0.25, 0.3) is 5.91 Å². The number of hydrogen-bond acceptors (Lipinski definition) is 5. The number of benzene rings is 3. The first-order valence-electron chi connectivity index (χ1n) is 12.0. The summed E-state index contributed by atoms with van der Waals surface area (Å²) in [7, 11) is 1.72. The van der Waals surface area contributed by atoms with Crippen LogP contribution < -0.4 is 9.64 Å². The highest BCUT2D eigenvalue weighted by Crippen LogP contribution is 2.37. The largest absolute Gasteiger partial charge is 0.486 e. The van der Waals surface area contributed by atoms with Gasteiger partial charge in [0.05, 0.1) is 6.04 Å². The van der Waals surface area contributed by atoms with Gasteiger partial charge in [-0.3, -0.25) is 9.59 Å². The second-order valence-corrected chi connectivity index (χ2v) is 9.84. The molecule has 4 aromatic rings. The van der Waals surface area contributed by atoms with Crippen LogP contribution in [-0.2, 0) is 17.8 Å². The summed E-state index contributed by atoms with van der Waals surface area (Å²) in [5.74, 6) is 0.0269. The summed E-state index contributed by atoms with van der Waals surface area (Å²) < 4.78 is 20.1. The molecular weight excluding hydrogens is 489 g/mol. The first-order valence-corrected chi connectivity index (χ1v) is 12.8. The highest BCUT2D eigenvalue weighted by molar-refractivity contribution is 7.09. The highest BCUT2D eigenvalue weighted by Gasteiger charge is 2.31. The molecule has 3 aromatic carbocycles. The Morgan fingerprint density at radius 3 is 2.68 bits per heavy atom. The molecule has 2 amide bonds. The Kier molecular flexibility index (Phi) is 7.01. The second kappa shape index (κ2) is 10.5. The topological polar surface area (TPSA) is 62.7 Å². The molecule has 1 unspecified atom stereocenters. The number of rotatable bonds is 6. The van der Waals surface area contributed by atoms with Crippen LogP contribution in [0.3, 0.4) is 0 Å². The van der Waals surface area contributed by atoms with Crippen molar-refractivity contribution in [2.75, 3.05) is 18.5 Å². The lowest BCUT2D eigenvalue weighted by atomic mass is 9.88. The third-order valence-electron chi connectivity index (χ3n) is 6.50. The van der Waals surface area contributed by atoms with Crippen LogP contribution in [0, 0.1) is 5.82 Å². The van der Waals surface area contributed by atoms with Crippen molar-refractivity contribution in [3.05, 3.63) is 111 Å². The van der Waals surface area contributed by atoms with Crippen LogP contribution in [0.25, 0.3) is 0 Å². The van der Waals surface area contributed by atoms with Gasteiger partial charge in [0.2, 0.25) is 5.91 Å². The number of amides is 2. The molecule has 0 fully saturated rings. The van der Waals surface area contributed by atoms with E-state index in [1.165, 1.54) is 30.4 Å². The molecule has 0 N–H and O–H groups in total. The molecule has 1 atom stereocenters. The van der Waals surface area contributed by atoms with Gasteiger partial charge in [0.1, 0.15) is 28.9 Å². The Bertz CT molecular complexity index is 1440. The van der Waals surface area contributed by atoms with E-state index in [0.717, 1.165) is 22.4 Å². The van der Waals surface area contributed by atoms with Gasteiger partial charge >= 0.3 is 0 Å². The minimum absolute atomic E-state index is 0.0633. The van der Waals surface area contributed by atoms with Gasteiger partial charge in [-0.2, -0.15) is 0 Å². The third-order valence-corrected chi connectivity index (χ3v) is 7.32. The number of hydrogen-bond donors (Lipinski definition) is 0. The van der Waals surface area contributed by atoms with E-state index in [1.54, 1.807) is 28.3 Å². The van der Waals surface area contributed by atoms with Crippen molar-refractivity contribution in [3.63, 3.8) is 0 Å². The molecular formula is C29H26FN3O3S. The molecule has 8 heteroatoms. The number of carbonyl (C=O) groups excluding carboxylic acids is 2. The van der Waals surface area contributed by atoms with Crippen LogP contribution in [0.2, 0.25) is 0 Å². The highest BCUT2D eigenvalue weighted by atomic mass is 32.1. The Labute approximate surface area is 218 Å². The van der Waals surface area contributed by atoms with Crippen molar-refractivity contribution in [2.24, 2.45) is 0 Å². The summed E-state index contributed by atoms with van der Waals surface area (Å²) in [6, 6.07) is 21.2. The maximum absolute atomic E-state index is 14.1. The normalized spacial score (nSPS) is 14.7. The molecule has 188 valence electrons. The third kappa shape index (κ3) is 5.24. The van der Waals surface area contributed by atoms with Crippen LogP contribution in [0.5, 0.6) is 5.75 Å². The summed E-state index contributed by atoms with van der Waals surface area (Å²) in [4.78, 5) is 33.1. The van der Waals surface area contributed by atoms with Crippen LogP contribution in [0.1, 0.15) is 45.2 Å². The predicted octanol–water partition coefficient (Wildman–Crippen LogP) is 5.63. The lowest BCUT2D eigenvalue weighted by molar-refractivity contribution is -0.130. The molecule has 0 spiro atoms. The molecule has 6 nitrogen and oxygen atoms in total. The summed E-state index contributed by atoms with van der Waals surface area (Å²) in [6.07, 6.45) is 0.716. The van der Waals surface area contributed by atoms with Crippen LogP contribution in [-0.4, -0.2) is 35.3 Å². The molecule has 0 aliphatic carbocycles. The second-order valence-electron chi connectivity index (χ2n) is 8.90. The first-order chi connectivity index (χ1) is 17.9. The zero-order valence-electron chi connectivity index (χ0n) is 20.6. The standard InChI is InChI=1S/C29H26FN3O3S/c1-19(34)33-14-13-20-11-12-24(16-25(20)28(33)21-7-6-8-22(30)15-21)36-17-27-31-26(18-37-27)29(35)32(2)23-9-4-3-5-10-23/h3-12,15-16,18,28H,13-14,17H2,1-2H3. The Morgan fingerprint density at radius 1 is 1.11 bits per heavy atom. The van der Waals surface area contributed by atoms with E-state index in [2.05, 4.69) is 4.98 Å². The van der Waals surface area contributed by atoms with E-state index in [4.69, 9.17) is 4.74 Å². The number of thiazole rings is 1. The minimum Gasteiger partial charge on any atom is -0.486 e. The van der Waals surface area contributed by atoms with Gasteiger partial charge in [0.15, 0.2) is 0 Å². The lowest BCUT2D eigenvalue weighted by Crippen LogP contribution is -2.39. The maximum atomic E-state index is 14.1. The fourth-order valence-electron chi connectivity index (χ4n) is 4.62. The molecule has 2 heterocycles. The number of fused-ring (bicyclic) bond motifs is 1. The van der Waals surface area contributed by atoms with Crippen molar-refractivity contribution in [3.8, 4) is 5.75 Å². The van der Waals surface area contributed by atoms with Gasteiger partial charge < -0.3 is 14.5 Å². The van der Waals surface area contributed by atoms with Gasteiger partial charge in [-0.05, 0) is 59.5 Å². The molecule has 1 aromatic heterocycles. The average molecular weight is 516 g/mol. The SMILES string of the molecule is CC(=O)N1CCc2ccc(OCc3nc(C(=O)N(C)c4ccccc4)cs3)cc2C1c1cccc(F)c1. The number of nitrogens with zero attached hydrogens (tertiary/aromatic N) is 3. The van der Waals surface area contributed by atoms with E-state index >= 15 is 0 Å². The molecule has 0 saturated heterocycles. The fraction of sp³-hybridized carbons (Fsp3) is 0.207. The maximum Gasteiger partial charge on any atom is 0.277 e. The Balaban J connectivity index is 1.34. The molecule has 5 rings (SSSR count). The number of anilines is 1. The van der Waals surface area contributed by atoms with E-state index in [9.17, 15) is 14.0 Å². The molecule has 0 bridgehead atoms. The van der Waals surface area contributed by atoms with Crippen molar-refractivity contribution in [1.29, 1.82) is 0 Å². The molecule has 1 aliphatic rings. The van der Waals surface area contributed by atoms with Crippen molar-refractivity contribution < 1.29 is 18.7 Å². The number of carbonyl (C=O) groups is 2. The number of aromatic nitrogens is 1. The van der Waals surface area contributed by atoms with Gasteiger partial charge in [-0.1, -0.05) is 36.4 Å². The summed E-state index contributed by atoms with van der Waals surface area (Å²) in [6.45, 7) is 2.30. The van der Waals surface area contributed by atoms with Gasteiger partial charge in [-0.25, -0.2) is 9.37 Å². The predicted molar refractivity (Wildman–Crippen MR) is 141 cm³/mol. The number of halogens is 1. The first kappa shape index (κ1) is 24.6. The average Bonchev–Trinajstić information content (AvgIpc) is 3.39. The fourth-order valence-corrected chi connectivity index (χ4v) is 5.30. The smallest absolute Gasteiger partial charge is 0.277 e. The van der Waals surface area contributed by atoms with Crippen molar-refractivity contribution in [1.82, 2.24) is 9.88 Å². The lowest BCUT2D eigenvalue weighted by Gasteiger charge is -2.37. The summed E-state index contributed by atoms with van der Waals surface area (Å²) in [5.41, 5.74) is 3.90. The van der Waals surface area contributed by atoms with Crippen LogP contribution in [0.15, 0.2) is 78.2 Å². The Hall–Kier alpha value is -4.04. The number of ether oxygens (including phenoxy) is 1. The van der Waals surface area contributed by atoms with E-state index < -0.39 is 6.04 Å². The minimum atomic E-state index is -0.391. The van der Waals surface area contributed by atoms with E-state index in [-0.39, 0.29) is 24.2 Å².